The second kappa shape index (κ2) is 4.40. The fourth-order valence-corrected chi connectivity index (χ4v) is 1.77. The summed E-state index contributed by atoms with van der Waals surface area (Å²) in [6.45, 7) is 0.496. The van der Waals surface area contributed by atoms with Gasteiger partial charge in [-0.1, -0.05) is 0 Å². The van der Waals surface area contributed by atoms with Gasteiger partial charge in [-0.3, -0.25) is 0 Å². The standard InChI is InChI=1S/C11H14N2O4/c1-16-8-3-6(4-9(17-2)10(8)14)7-5-12-11(15)13-7/h3-4,7,14H,5H2,1-2H3,(H2,12,13,15)/t7-/m1/s1. The van der Waals surface area contributed by atoms with Crippen molar-refractivity contribution in [3.8, 4) is 17.2 Å². The summed E-state index contributed by atoms with van der Waals surface area (Å²) >= 11 is 0. The van der Waals surface area contributed by atoms with Gasteiger partial charge in [-0.2, -0.15) is 0 Å². The number of hydrogen-bond acceptors (Lipinski definition) is 4. The molecule has 6 heteroatoms. The highest BCUT2D eigenvalue weighted by atomic mass is 16.5. The maximum absolute atomic E-state index is 11.1. The van der Waals surface area contributed by atoms with Crippen molar-refractivity contribution in [3.63, 3.8) is 0 Å². The molecule has 1 aliphatic heterocycles. The summed E-state index contributed by atoms with van der Waals surface area (Å²) in [5.74, 6) is 0.594. The van der Waals surface area contributed by atoms with Crippen molar-refractivity contribution in [2.75, 3.05) is 20.8 Å². The van der Waals surface area contributed by atoms with Gasteiger partial charge in [0.15, 0.2) is 11.5 Å². The van der Waals surface area contributed by atoms with Crippen LogP contribution in [0.1, 0.15) is 11.6 Å². The molecule has 1 fully saturated rings. The minimum Gasteiger partial charge on any atom is -0.502 e. The maximum Gasteiger partial charge on any atom is 0.315 e. The molecule has 0 unspecified atom stereocenters. The number of phenolic OH excluding ortho intramolecular Hbond substituents is 1. The number of carbonyl (C=O) groups is 1. The molecule has 2 rings (SSSR count). The molecule has 0 saturated carbocycles. The number of amides is 2. The highest BCUT2D eigenvalue weighted by Gasteiger charge is 2.24. The Bertz CT molecular complexity index is 422. The fraction of sp³-hybridized carbons (Fsp3) is 0.364. The highest BCUT2D eigenvalue weighted by molar-refractivity contribution is 5.77. The molecule has 1 atom stereocenters. The Balaban J connectivity index is 2.37. The predicted molar refractivity (Wildman–Crippen MR) is 60.5 cm³/mol. The quantitative estimate of drug-likeness (QED) is 0.726. The number of rotatable bonds is 3. The molecule has 0 aromatic heterocycles. The Kier molecular flexibility index (Phi) is 2.95. The van der Waals surface area contributed by atoms with Crippen LogP contribution < -0.4 is 20.1 Å². The molecule has 3 N–H and O–H groups in total. The van der Waals surface area contributed by atoms with Crippen LogP contribution in [0.15, 0.2) is 12.1 Å². The van der Waals surface area contributed by atoms with E-state index >= 15 is 0 Å². The normalized spacial score (nSPS) is 18.5. The van der Waals surface area contributed by atoms with Crippen LogP contribution in [-0.4, -0.2) is 31.9 Å². The molecule has 1 saturated heterocycles. The van der Waals surface area contributed by atoms with Gasteiger partial charge in [0.1, 0.15) is 0 Å². The van der Waals surface area contributed by atoms with Crippen LogP contribution in [0, 0.1) is 0 Å². The smallest absolute Gasteiger partial charge is 0.315 e. The van der Waals surface area contributed by atoms with Crippen molar-refractivity contribution in [2.24, 2.45) is 0 Å². The lowest BCUT2D eigenvalue weighted by Crippen LogP contribution is -2.21. The van der Waals surface area contributed by atoms with Crippen molar-refractivity contribution >= 4 is 6.03 Å². The Morgan fingerprint density at radius 1 is 1.29 bits per heavy atom. The topological polar surface area (TPSA) is 79.8 Å². The lowest BCUT2D eigenvalue weighted by molar-refractivity contribution is 0.247. The van der Waals surface area contributed by atoms with E-state index in [4.69, 9.17) is 9.47 Å². The SMILES string of the molecule is COc1cc([C@H]2CNC(=O)N2)cc(OC)c1O. The molecule has 0 spiro atoms. The number of nitrogens with one attached hydrogen (secondary N) is 2. The molecule has 0 bridgehead atoms. The Labute approximate surface area is 98.5 Å². The molecular weight excluding hydrogens is 224 g/mol. The molecule has 6 nitrogen and oxygen atoms in total. The van der Waals surface area contributed by atoms with Gasteiger partial charge in [0.25, 0.3) is 0 Å². The van der Waals surface area contributed by atoms with Crippen LogP contribution >= 0.6 is 0 Å². The third kappa shape index (κ3) is 2.06. The molecule has 17 heavy (non-hydrogen) atoms. The van der Waals surface area contributed by atoms with Crippen LogP contribution in [0.5, 0.6) is 17.2 Å². The van der Waals surface area contributed by atoms with Crippen molar-refractivity contribution in [2.45, 2.75) is 6.04 Å². The van der Waals surface area contributed by atoms with Crippen LogP contribution in [-0.2, 0) is 0 Å². The number of benzene rings is 1. The first-order chi connectivity index (χ1) is 8.15. The summed E-state index contributed by atoms with van der Waals surface area (Å²) < 4.78 is 10.1. The molecule has 92 valence electrons. The summed E-state index contributed by atoms with van der Waals surface area (Å²) in [6, 6.07) is 3.00. The predicted octanol–water partition coefficient (Wildman–Crippen LogP) is 0.763. The molecule has 2 amide bonds. The molecule has 1 aromatic rings. The molecule has 1 heterocycles. The van der Waals surface area contributed by atoms with E-state index in [1.54, 1.807) is 12.1 Å². The van der Waals surface area contributed by atoms with E-state index in [9.17, 15) is 9.90 Å². The fourth-order valence-electron chi connectivity index (χ4n) is 1.77. The Morgan fingerprint density at radius 3 is 2.29 bits per heavy atom. The summed E-state index contributed by atoms with van der Waals surface area (Å²) in [7, 11) is 2.92. The number of methoxy groups -OCH3 is 2. The van der Waals surface area contributed by atoms with Gasteiger partial charge in [-0.05, 0) is 17.7 Å². The average Bonchev–Trinajstić information content (AvgIpc) is 2.76. The lowest BCUT2D eigenvalue weighted by Gasteiger charge is -2.14. The summed E-state index contributed by atoms with van der Waals surface area (Å²) in [4.78, 5) is 11.1. The average molecular weight is 238 g/mol. The van der Waals surface area contributed by atoms with Gasteiger partial charge in [-0.25, -0.2) is 4.79 Å². The minimum absolute atomic E-state index is 0.0453. The van der Waals surface area contributed by atoms with Gasteiger partial charge in [-0.15, -0.1) is 0 Å². The van der Waals surface area contributed by atoms with E-state index in [0.717, 1.165) is 5.56 Å². The zero-order valence-electron chi connectivity index (χ0n) is 9.61. The number of ether oxygens (including phenoxy) is 2. The van der Waals surface area contributed by atoms with Crippen LogP contribution in [0.3, 0.4) is 0 Å². The molecule has 0 aliphatic carbocycles. The van der Waals surface area contributed by atoms with Gasteiger partial charge >= 0.3 is 6.03 Å². The molecule has 1 aliphatic rings. The van der Waals surface area contributed by atoms with E-state index in [1.165, 1.54) is 14.2 Å². The Morgan fingerprint density at radius 2 is 1.88 bits per heavy atom. The molecular formula is C11H14N2O4. The summed E-state index contributed by atoms with van der Waals surface area (Å²) in [6.07, 6.45) is 0. The molecule has 0 radical (unpaired) electrons. The van der Waals surface area contributed by atoms with Crippen LogP contribution in [0.25, 0.3) is 0 Å². The number of carbonyl (C=O) groups excluding carboxylic acids is 1. The number of urea groups is 1. The van der Waals surface area contributed by atoms with Gasteiger partial charge < -0.3 is 25.2 Å². The molecule has 1 aromatic carbocycles. The lowest BCUT2D eigenvalue weighted by atomic mass is 10.1. The minimum atomic E-state index is -0.207. The second-order valence-electron chi connectivity index (χ2n) is 3.68. The zero-order valence-corrected chi connectivity index (χ0v) is 9.61. The number of phenols is 1. The number of hydrogen-bond donors (Lipinski definition) is 3. The second-order valence-corrected chi connectivity index (χ2v) is 3.68. The maximum atomic E-state index is 11.1. The first-order valence-corrected chi connectivity index (χ1v) is 5.15. The third-order valence-corrected chi connectivity index (χ3v) is 2.68. The van der Waals surface area contributed by atoms with Crippen molar-refractivity contribution in [3.05, 3.63) is 17.7 Å². The van der Waals surface area contributed by atoms with Gasteiger partial charge in [0, 0.05) is 6.54 Å². The monoisotopic (exact) mass is 238 g/mol. The van der Waals surface area contributed by atoms with E-state index in [2.05, 4.69) is 10.6 Å². The van der Waals surface area contributed by atoms with E-state index in [1.807, 2.05) is 0 Å². The van der Waals surface area contributed by atoms with Gasteiger partial charge in [0.05, 0.1) is 20.3 Å². The Hall–Kier alpha value is -2.11. The van der Waals surface area contributed by atoms with Crippen molar-refractivity contribution in [1.29, 1.82) is 0 Å². The van der Waals surface area contributed by atoms with E-state index < -0.39 is 0 Å². The van der Waals surface area contributed by atoms with Crippen molar-refractivity contribution < 1.29 is 19.4 Å². The first-order valence-electron chi connectivity index (χ1n) is 5.15. The van der Waals surface area contributed by atoms with Gasteiger partial charge in [0.2, 0.25) is 5.75 Å². The first kappa shape index (κ1) is 11.4. The third-order valence-electron chi connectivity index (χ3n) is 2.68. The largest absolute Gasteiger partial charge is 0.502 e. The highest BCUT2D eigenvalue weighted by Crippen LogP contribution is 2.38. The van der Waals surface area contributed by atoms with Crippen LogP contribution in [0.4, 0.5) is 4.79 Å². The van der Waals surface area contributed by atoms with E-state index in [-0.39, 0.29) is 17.8 Å². The van der Waals surface area contributed by atoms with Crippen molar-refractivity contribution in [1.82, 2.24) is 10.6 Å². The zero-order chi connectivity index (χ0) is 12.4. The summed E-state index contributed by atoms with van der Waals surface area (Å²) in [5, 5.41) is 15.2. The number of aromatic hydroxyl groups is 1. The van der Waals surface area contributed by atoms with E-state index in [0.29, 0.717) is 18.0 Å². The summed E-state index contributed by atoms with van der Waals surface area (Å²) in [5.41, 5.74) is 0.815. The van der Waals surface area contributed by atoms with Crippen LogP contribution in [0.2, 0.25) is 0 Å².